The largest absolute Gasteiger partial charge is 0.414 e. The average Bonchev–Trinajstić information content (AvgIpc) is 2.85. The molecule has 0 spiro atoms. The van der Waals surface area contributed by atoms with Gasteiger partial charge in [-0.15, -0.1) is 0 Å². The van der Waals surface area contributed by atoms with Crippen molar-refractivity contribution in [3.63, 3.8) is 0 Å². The van der Waals surface area contributed by atoms with Crippen LogP contribution in [0.3, 0.4) is 0 Å². The normalized spacial score (nSPS) is 28.0. The van der Waals surface area contributed by atoms with Crippen molar-refractivity contribution >= 4 is 61.8 Å². The summed E-state index contributed by atoms with van der Waals surface area (Å²) in [5.41, 5.74) is 0. The van der Waals surface area contributed by atoms with Crippen LogP contribution < -0.4 is 0 Å². The predicted octanol–water partition coefficient (Wildman–Crippen LogP) is 6.90. The molecule has 1 heterocycles. The molecule has 0 radical (unpaired) electrons. The van der Waals surface area contributed by atoms with Crippen LogP contribution >= 0.6 is 45.2 Å². The summed E-state index contributed by atoms with van der Waals surface area (Å²) in [6, 6.07) is 0. The third kappa shape index (κ3) is 6.88. The molecule has 27 heavy (non-hydrogen) atoms. The van der Waals surface area contributed by atoms with E-state index >= 15 is 0 Å². The van der Waals surface area contributed by atoms with Gasteiger partial charge in [-0.05, 0) is 36.3 Å². The van der Waals surface area contributed by atoms with Gasteiger partial charge in [-0.3, -0.25) is 0 Å². The van der Waals surface area contributed by atoms with Gasteiger partial charge in [0, 0.05) is 20.7 Å². The smallest absolute Gasteiger partial charge is 0.192 e. The third-order valence-electron chi connectivity index (χ3n) is 7.04. The molecule has 0 bridgehead atoms. The summed E-state index contributed by atoms with van der Waals surface area (Å²) in [7, 11) is -3.50. The van der Waals surface area contributed by atoms with Crippen LogP contribution in [0.5, 0.6) is 0 Å². The molecule has 0 unspecified atom stereocenters. The van der Waals surface area contributed by atoms with Gasteiger partial charge in [-0.1, -0.05) is 86.7 Å². The highest BCUT2D eigenvalue weighted by Gasteiger charge is 2.46. The zero-order valence-corrected chi connectivity index (χ0v) is 25.4. The maximum atomic E-state index is 6.57. The summed E-state index contributed by atoms with van der Waals surface area (Å²) in [5.74, 6) is 1.11. The first-order valence-corrected chi connectivity index (χ1v) is 19.0. The summed E-state index contributed by atoms with van der Waals surface area (Å²) < 4.78 is 21.9. The van der Waals surface area contributed by atoms with E-state index < -0.39 is 16.6 Å². The van der Waals surface area contributed by atoms with Crippen LogP contribution in [0.4, 0.5) is 0 Å². The Balaban J connectivity index is 2.80. The van der Waals surface area contributed by atoms with Gasteiger partial charge in [0.25, 0.3) is 0 Å². The van der Waals surface area contributed by atoms with Crippen molar-refractivity contribution in [1.29, 1.82) is 0 Å². The molecule has 0 saturated carbocycles. The molecule has 0 aromatic heterocycles. The number of halogens is 2. The molecule has 1 rings (SSSR count). The van der Waals surface area contributed by atoms with E-state index in [4.69, 9.17) is 13.6 Å². The molecule has 1 fully saturated rings. The molecular weight excluding hydrogens is 598 g/mol. The molecule has 0 aliphatic carbocycles. The lowest BCUT2D eigenvalue weighted by molar-refractivity contribution is -0.0181. The highest BCUT2D eigenvalue weighted by atomic mass is 127. The van der Waals surface area contributed by atoms with Gasteiger partial charge in [0.05, 0.1) is 25.4 Å². The molecule has 0 aromatic rings. The van der Waals surface area contributed by atoms with Gasteiger partial charge in [-0.2, -0.15) is 0 Å². The number of hydrogen-bond donors (Lipinski definition) is 0. The lowest BCUT2D eigenvalue weighted by Crippen LogP contribution is -2.44. The van der Waals surface area contributed by atoms with E-state index in [9.17, 15) is 0 Å². The van der Waals surface area contributed by atoms with Gasteiger partial charge in [0.2, 0.25) is 0 Å². The highest BCUT2D eigenvalue weighted by molar-refractivity contribution is 14.1. The topological polar surface area (TPSA) is 27.7 Å². The molecule has 1 aliphatic rings. The van der Waals surface area contributed by atoms with Crippen molar-refractivity contribution in [2.45, 2.75) is 90.0 Å². The standard InChI is InChI=1S/C20H42I2O3Si2/c1-19(2,3)26(7,8)23-13-17-15(11-21)16(12-22)18(25-17)14-24-27(9,10)20(4,5)6/h15-18H,11-14H2,1-10H3/t15-,16+,17+,18-. The number of alkyl halides is 2. The number of ether oxygens (including phenoxy) is 1. The second-order valence-corrected chi connectivity index (χ2v) is 22.4. The van der Waals surface area contributed by atoms with Crippen LogP contribution in [0.2, 0.25) is 36.3 Å². The molecule has 7 heteroatoms. The Kier molecular flexibility index (Phi) is 9.86. The van der Waals surface area contributed by atoms with Crippen molar-refractivity contribution in [3.05, 3.63) is 0 Å². The van der Waals surface area contributed by atoms with Crippen molar-refractivity contribution in [3.8, 4) is 0 Å². The van der Waals surface area contributed by atoms with Crippen LogP contribution in [0, 0.1) is 11.8 Å². The number of hydrogen-bond acceptors (Lipinski definition) is 3. The van der Waals surface area contributed by atoms with E-state index in [-0.39, 0.29) is 22.3 Å². The zero-order chi connectivity index (χ0) is 21.3. The minimum atomic E-state index is -1.75. The first kappa shape index (κ1) is 26.8. The highest BCUT2D eigenvalue weighted by Crippen LogP contribution is 2.41. The van der Waals surface area contributed by atoms with Crippen molar-refractivity contribution < 1.29 is 13.6 Å². The first-order valence-electron chi connectivity index (χ1n) is 10.1. The fraction of sp³-hybridized carbons (Fsp3) is 1.00. The molecule has 0 aromatic carbocycles. The quantitative estimate of drug-likeness (QED) is 0.164. The maximum Gasteiger partial charge on any atom is 0.192 e. The molecule has 162 valence electrons. The summed E-state index contributed by atoms with van der Waals surface area (Å²) in [5, 5.41) is 0.470. The maximum absolute atomic E-state index is 6.57. The Morgan fingerprint density at radius 3 is 1.22 bits per heavy atom. The molecular formula is C20H42I2O3Si2. The van der Waals surface area contributed by atoms with E-state index in [1.165, 1.54) is 0 Å². The van der Waals surface area contributed by atoms with E-state index in [1.54, 1.807) is 0 Å². The third-order valence-corrected chi connectivity index (χ3v) is 18.1. The monoisotopic (exact) mass is 640 g/mol. The van der Waals surface area contributed by atoms with Crippen LogP contribution in [-0.4, -0.2) is 50.9 Å². The van der Waals surface area contributed by atoms with Crippen molar-refractivity contribution in [2.75, 3.05) is 22.1 Å². The Labute approximate surface area is 198 Å². The summed E-state index contributed by atoms with van der Waals surface area (Å²) in [4.78, 5) is 0. The first-order chi connectivity index (χ1) is 12.1. The van der Waals surface area contributed by atoms with E-state index in [1.807, 2.05) is 0 Å². The Morgan fingerprint density at radius 2 is 1.00 bits per heavy atom. The van der Waals surface area contributed by atoms with Crippen LogP contribution in [0.1, 0.15) is 41.5 Å². The molecule has 3 nitrogen and oxygen atoms in total. The van der Waals surface area contributed by atoms with Crippen LogP contribution in [0.15, 0.2) is 0 Å². The minimum Gasteiger partial charge on any atom is -0.414 e. The fourth-order valence-corrected chi connectivity index (χ4v) is 7.21. The van der Waals surface area contributed by atoms with E-state index in [0.29, 0.717) is 11.8 Å². The fourth-order valence-electron chi connectivity index (χ4n) is 2.75. The van der Waals surface area contributed by atoms with Crippen molar-refractivity contribution in [2.24, 2.45) is 11.8 Å². The Bertz CT molecular complexity index is 431. The summed E-state index contributed by atoms with van der Waals surface area (Å²) >= 11 is 5.06. The predicted molar refractivity (Wildman–Crippen MR) is 140 cm³/mol. The second-order valence-electron chi connectivity index (χ2n) is 11.0. The molecule has 1 saturated heterocycles. The lowest BCUT2D eigenvalue weighted by Gasteiger charge is -2.37. The molecule has 0 amide bonds. The Morgan fingerprint density at radius 1 is 0.704 bits per heavy atom. The van der Waals surface area contributed by atoms with Gasteiger partial charge < -0.3 is 13.6 Å². The lowest BCUT2D eigenvalue weighted by atomic mass is 9.91. The SMILES string of the molecule is CC(C)(C)[Si](C)(C)OC[C@@H]1O[C@H](CO[Si](C)(C)C(C)(C)C)[C@@H](CI)[C@H]1CI. The zero-order valence-electron chi connectivity index (χ0n) is 19.1. The Hall–Kier alpha value is 1.77. The van der Waals surface area contributed by atoms with Crippen molar-refractivity contribution in [1.82, 2.24) is 0 Å². The minimum absolute atomic E-state index is 0.198. The van der Waals surface area contributed by atoms with E-state index in [0.717, 1.165) is 22.1 Å². The summed E-state index contributed by atoms with van der Waals surface area (Å²) in [6.07, 6.45) is 0.396. The molecule has 0 N–H and O–H groups in total. The number of rotatable bonds is 8. The second kappa shape index (κ2) is 9.93. The summed E-state index contributed by atoms with van der Waals surface area (Å²) in [6.45, 7) is 24.6. The average molecular weight is 641 g/mol. The van der Waals surface area contributed by atoms with E-state index in [2.05, 4.69) is 113 Å². The van der Waals surface area contributed by atoms with Gasteiger partial charge in [0.15, 0.2) is 16.6 Å². The van der Waals surface area contributed by atoms with Gasteiger partial charge in [0.1, 0.15) is 0 Å². The van der Waals surface area contributed by atoms with Gasteiger partial charge in [-0.25, -0.2) is 0 Å². The van der Waals surface area contributed by atoms with Crippen LogP contribution in [-0.2, 0) is 13.6 Å². The van der Waals surface area contributed by atoms with Gasteiger partial charge >= 0.3 is 0 Å². The molecule has 1 aliphatic heterocycles. The van der Waals surface area contributed by atoms with Crippen LogP contribution in [0.25, 0.3) is 0 Å². The molecule has 4 atom stereocenters.